The molecule has 0 bridgehead atoms. The number of nitrogens with zero attached hydrogens (tertiary/aromatic N) is 1. The van der Waals surface area contributed by atoms with Crippen LogP contribution in [0.25, 0.3) is 0 Å². The summed E-state index contributed by atoms with van der Waals surface area (Å²) in [7, 11) is 0. The molecule has 1 aromatic rings. The standard InChI is InChI=1S/C15H19ClN2O2/c1-10(11-5-4-6-12(16)9-11)18-8-7-13(19)17-15(2,3)14(18)20/h4-6,9-10H,7-8H2,1-3H3,(H,17,19). The van der Waals surface area contributed by atoms with Crippen molar-refractivity contribution in [2.24, 2.45) is 0 Å². The van der Waals surface area contributed by atoms with E-state index < -0.39 is 5.54 Å². The first-order chi connectivity index (χ1) is 9.31. The second-order valence-electron chi connectivity index (χ2n) is 5.65. The number of rotatable bonds is 2. The normalized spacial score (nSPS) is 20.3. The maximum atomic E-state index is 12.6. The molecule has 0 saturated carbocycles. The van der Waals surface area contributed by atoms with Crippen LogP contribution in [0.1, 0.15) is 38.8 Å². The van der Waals surface area contributed by atoms with E-state index in [1.807, 2.05) is 25.1 Å². The van der Waals surface area contributed by atoms with Gasteiger partial charge in [-0.3, -0.25) is 9.59 Å². The van der Waals surface area contributed by atoms with Crippen LogP contribution in [0.15, 0.2) is 24.3 Å². The Kier molecular flexibility index (Phi) is 4.04. The third-order valence-electron chi connectivity index (χ3n) is 3.63. The highest BCUT2D eigenvalue weighted by atomic mass is 35.5. The maximum Gasteiger partial charge on any atom is 0.248 e. The summed E-state index contributed by atoms with van der Waals surface area (Å²) >= 11 is 6.01. The number of hydrogen-bond acceptors (Lipinski definition) is 2. The first kappa shape index (κ1) is 14.9. The molecular formula is C15H19ClN2O2. The van der Waals surface area contributed by atoms with Crippen LogP contribution in [0.4, 0.5) is 0 Å². The van der Waals surface area contributed by atoms with Crippen molar-refractivity contribution in [2.45, 2.75) is 38.8 Å². The SMILES string of the molecule is CC(c1cccc(Cl)c1)N1CCC(=O)NC(C)(C)C1=O. The molecule has 1 saturated heterocycles. The zero-order valence-electron chi connectivity index (χ0n) is 11.9. The van der Waals surface area contributed by atoms with Crippen molar-refractivity contribution >= 4 is 23.4 Å². The predicted octanol–water partition coefficient (Wildman–Crippen LogP) is 2.53. The highest BCUT2D eigenvalue weighted by Crippen LogP contribution is 2.26. The fraction of sp³-hybridized carbons (Fsp3) is 0.467. The third-order valence-corrected chi connectivity index (χ3v) is 3.86. The van der Waals surface area contributed by atoms with Gasteiger partial charge in [0, 0.05) is 18.0 Å². The van der Waals surface area contributed by atoms with Gasteiger partial charge in [0.2, 0.25) is 11.8 Å². The van der Waals surface area contributed by atoms with Crippen molar-refractivity contribution in [3.63, 3.8) is 0 Å². The second kappa shape index (κ2) is 5.44. The lowest BCUT2D eigenvalue weighted by Gasteiger charge is -2.33. The van der Waals surface area contributed by atoms with Crippen LogP contribution < -0.4 is 5.32 Å². The second-order valence-corrected chi connectivity index (χ2v) is 6.09. The lowest BCUT2D eigenvalue weighted by molar-refractivity contribution is -0.139. The molecule has 1 N–H and O–H groups in total. The van der Waals surface area contributed by atoms with Crippen molar-refractivity contribution in [3.8, 4) is 0 Å². The largest absolute Gasteiger partial charge is 0.342 e. The van der Waals surface area contributed by atoms with Crippen molar-refractivity contribution in [3.05, 3.63) is 34.9 Å². The minimum Gasteiger partial charge on any atom is -0.342 e. The fourth-order valence-electron chi connectivity index (χ4n) is 2.46. The zero-order chi connectivity index (χ0) is 14.9. The van der Waals surface area contributed by atoms with Crippen molar-refractivity contribution < 1.29 is 9.59 Å². The zero-order valence-corrected chi connectivity index (χ0v) is 12.7. The molecule has 1 heterocycles. The predicted molar refractivity (Wildman–Crippen MR) is 78.4 cm³/mol. The Balaban J connectivity index is 2.30. The van der Waals surface area contributed by atoms with Gasteiger partial charge in [0.25, 0.3) is 0 Å². The van der Waals surface area contributed by atoms with Crippen molar-refractivity contribution in [1.82, 2.24) is 10.2 Å². The van der Waals surface area contributed by atoms with E-state index in [1.165, 1.54) is 0 Å². The minimum absolute atomic E-state index is 0.0733. The number of carbonyl (C=O) groups excluding carboxylic acids is 2. The average molecular weight is 295 g/mol. The van der Waals surface area contributed by atoms with Crippen LogP contribution >= 0.6 is 11.6 Å². The Labute approximate surface area is 124 Å². The van der Waals surface area contributed by atoms with E-state index in [2.05, 4.69) is 5.32 Å². The van der Waals surface area contributed by atoms with Gasteiger partial charge in [-0.1, -0.05) is 23.7 Å². The van der Waals surface area contributed by atoms with Gasteiger partial charge in [-0.25, -0.2) is 0 Å². The van der Waals surface area contributed by atoms with E-state index in [0.717, 1.165) is 5.56 Å². The summed E-state index contributed by atoms with van der Waals surface area (Å²) in [5.74, 6) is -0.167. The highest BCUT2D eigenvalue weighted by molar-refractivity contribution is 6.30. The monoisotopic (exact) mass is 294 g/mol. The number of hydrogen-bond donors (Lipinski definition) is 1. The van der Waals surface area contributed by atoms with Crippen LogP contribution in [0.2, 0.25) is 5.02 Å². The van der Waals surface area contributed by atoms with Crippen molar-refractivity contribution in [2.75, 3.05) is 6.54 Å². The van der Waals surface area contributed by atoms with Crippen LogP contribution in [0, 0.1) is 0 Å². The molecule has 5 heteroatoms. The van der Waals surface area contributed by atoms with Crippen LogP contribution in [-0.2, 0) is 9.59 Å². The Morgan fingerprint density at radius 2 is 2.05 bits per heavy atom. The molecule has 1 aliphatic heterocycles. The maximum absolute atomic E-state index is 12.6. The Morgan fingerprint density at radius 1 is 1.35 bits per heavy atom. The smallest absolute Gasteiger partial charge is 0.248 e. The van der Waals surface area contributed by atoms with E-state index in [9.17, 15) is 9.59 Å². The summed E-state index contributed by atoms with van der Waals surface area (Å²) in [6.07, 6.45) is 0.320. The van der Waals surface area contributed by atoms with Crippen LogP contribution in [0.3, 0.4) is 0 Å². The molecule has 4 nitrogen and oxygen atoms in total. The molecule has 2 amide bonds. The van der Waals surface area contributed by atoms with Crippen LogP contribution in [0.5, 0.6) is 0 Å². The van der Waals surface area contributed by atoms with Gasteiger partial charge >= 0.3 is 0 Å². The lowest BCUT2D eigenvalue weighted by Crippen LogP contribution is -2.53. The molecule has 1 fully saturated rings. The molecule has 1 aromatic carbocycles. The number of nitrogens with one attached hydrogen (secondary N) is 1. The van der Waals surface area contributed by atoms with E-state index in [1.54, 1.807) is 24.8 Å². The molecule has 0 radical (unpaired) electrons. The number of benzene rings is 1. The minimum atomic E-state index is -0.875. The number of halogens is 1. The summed E-state index contributed by atoms with van der Waals surface area (Å²) in [5.41, 5.74) is 0.0939. The molecule has 108 valence electrons. The Morgan fingerprint density at radius 3 is 2.70 bits per heavy atom. The van der Waals surface area contributed by atoms with Gasteiger partial charge < -0.3 is 10.2 Å². The van der Waals surface area contributed by atoms with Gasteiger partial charge in [0.15, 0.2) is 0 Å². The summed E-state index contributed by atoms with van der Waals surface area (Å²) in [5, 5.41) is 3.40. The lowest BCUT2D eigenvalue weighted by atomic mass is 10.0. The fourth-order valence-corrected chi connectivity index (χ4v) is 2.66. The van der Waals surface area contributed by atoms with Gasteiger partial charge in [-0.05, 0) is 38.5 Å². The number of amides is 2. The molecule has 0 aromatic heterocycles. The Bertz CT molecular complexity index is 542. The molecule has 0 spiro atoms. The molecule has 0 aliphatic carbocycles. The van der Waals surface area contributed by atoms with E-state index in [4.69, 9.17) is 11.6 Å². The van der Waals surface area contributed by atoms with Gasteiger partial charge in [-0.15, -0.1) is 0 Å². The summed E-state index contributed by atoms with van der Waals surface area (Å²) in [6, 6.07) is 7.35. The van der Waals surface area contributed by atoms with E-state index in [0.29, 0.717) is 18.0 Å². The van der Waals surface area contributed by atoms with Gasteiger partial charge in [-0.2, -0.15) is 0 Å². The molecule has 1 aliphatic rings. The first-order valence-corrected chi connectivity index (χ1v) is 7.06. The Hall–Kier alpha value is -1.55. The topological polar surface area (TPSA) is 49.4 Å². The summed E-state index contributed by atoms with van der Waals surface area (Å²) in [6.45, 7) is 5.84. The molecule has 1 atom stereocenters. The average Bonchev–Trinajstić information content (AvgIpc) is 2.46. The van der Waals surface area contributed by atoms with E-state index >= 15 is 0 Å². The molecule has 2 rings (SSSR count). The van der Waals surface area contributed by atoms with Crippen molar-refractivity contribution in [1.29, 1.82) is 0 Å². The third kappa shape index (κ3) is 2.96. The quantitative estimate of drug-likeness (QED) is 0.911. The first-order valence-electron chi connectivity index (χ1n) is 6.69. The van der Waals surface area contributed by atoms with Gasteiger partial charge in [0.1, 0.15) is 5.54 Å². The molecule has 20 heavy (non-hydrogen) atoms. The number of carbonyl (C=O) groups is 2. The summed E-state index contributed by atoms with van der Waals surface area (Å²) < 4.78 is 0. The van der Waals surface area contributed by atoms with Crippen LogP contribution in [-0.4, -0.2) is 28.8 Å². The van der Waals surface area contributed by atoms with Gasteiger partial charge in [0.05, 0.1) is 6.04 Å². The van der Waals surface area contributed by atoms with E-state index in [-0.39, 0.29) is 17.9 Å². The molecule has 1 unspecified atom stereocenters. The molecular weight excluding hydrogens is 276 g/mol. The summed E-state index contributed by atoms with van der Waals surface area (Å²) in [4.78, 5) is 26.0. The highest BCUT2D eigenvalue weighted by Gasteiger charge is 2.38.